The van der Waals surface area contributed by atoms with Gasteiger partial charge in [0.15, 0.2) is 11.6 Å². The average molecular weight is 483 g/mol. The molecule has 0 bridgehead atoms. The van der Waals surface area contributed by atoms with Gasteiger partial charge in [-0.3, -0.25) is 0 Å². The van der Waals surface area contributed by atoms with E-state index in [0.29, 0.717) is 5.92 Å². The molecule has 2 aliphatic rings. The van der Waals surface area contributed by atoms with Gasteiger partial charge >= 0.3 is 6.36 Å². The third-order valence-electron chi connectivity index (χ3n) is 7.47. The zero-order chi connectivity index (χ0) is 24.6. The minimum Gasteiger partial charge on any atom is -0.399 e. The van der Waals surface area contributed by atoms with E-state index < -0.39 is 23.7 Å². The molecule has 188 valence electrons. The van der Waals surface area contributed by atoms with E-state index in [1.807, 2.05) is 6.08 Å². The van der Waals surface area contributed by atoms with Crippen molar-refractivity contribution in [1.29, 1.82) is 0 Å². The van der Waals surface area contributed by atoms with Crippen LogP contribution in [-0.4, -0.2) is 6.36 Å². The largest absolute Gasteiger partial charge is 0.573 e. The van der Waals surface area contributed by atoms with Gasteiger partial charge in [-0.2, -0.15) is 0 Å². The van der Waals surface area contributed by atoms with Gasteiger partial charge in [-0.05, 0) is 80.4 Å². The van der Waals surface area contributed by atoms with Gasteiger partial charge in [-0.1, -0.05) is 63.4 Å². The van der Waals surface area contributed by atoms with Gasteiger partial charge in [0.1, 0.15) is 0 Å². The molecule has 2 aliphatic carbocycles. The van der Waals surface area contributed by atoms with E-state index in [1.165, 1.54) is 64.2 Å². The van der Waals surface area contributed by atoms with Gasteiger partial charge in [-0.25, -0.2) is 8.78 Å². The van der Waals surface area contributed by atoms with E-state index >= 15 is 0 Å². The molecule has 1 aromatic rings. The Morgan fingerprint density at radius 2 is 1.50 bits per heavy atom. The van der Waals surface area contributed by atoms with Crippen molar-refractivity contribution >= 4 is 0 Å². The average Bonchev–Trinajstić information content (AvgIpc) is 2.80. The van der Waals surface area contributed by atoms with Gasteiger partial charge in [0, 0.05) is 5.56 Å². The van der Waals surface area contributed by atoms with Crippen LogP contribution >= 0.6 is 0 Å². The minimum atomic E-state index is -5.16. The number of allylic oxidation sites excluding steroid dienone is 2. The Labute approximate surface area is 200 Å². The third kappa shape index (κ3) is 8.32. The molecule has 1 nitrogen and oxygen atoms in total. The number of hydrogen-bond acceptors (Lipinski definition) is 1. The molecule has 0 atom stereocenters. The van der Waals surface area contributed by atoms with Crippen molar-refractivity contribution in [2.24, 2.45) is 23.7 Å². The molecule has 2 fully saturated rings. The molecule has 0 aliphatic heterocycles. The summed E-state index contributed by atoms with van der Waals surface area (Å²) in [5, 5.41) is 0. The number of hydrogen-bond donors (Lipinski definition) is 0. The summed E-state index contributed by atoms with van der Waals surface area (Å²) in [6, 6.07) is 1.49. The summed E-state index contributed by atoms with van der Waals surface area (Å²) in [5.41, 5.74) is -0.0387. The summed E-state index contributed by atoms with van der Waals surface area (Å²) >= 11 is 0. The highest BCUT2D eigenvalue weighted by molar-refractivity contribution is 5.42. The van der Waals surface area contributed by atoms with Crippen molar-refractivity contribution in [2.75, 3.05) is 0 Å². The van der Waals surface area contributed by atoms with Gasteiger partial charge in [0.05, 0.1) is 0 Å². The Balaban J connectivity index is 1.43. The lowest BCUT2D eigenvalue weighted by molar-refractivity contribution is -0.276. The third-order valence-corrected chi connectivity index (χ3v) is 7.47. The normalized spacial score (nSPS) is 25.7. The molecule has 34 heavy (non-hydrogen) atoms. The fourth-order valence-electron chi connectivity index (χ4n) is 5.59. The fourth-order valence-corrected chi connectivity index (χ4v) is 5.59. The molecule has 0 heterocycles. The fraction of sp³-hybridized carbons (Fsp3) is 0.643. The molecule has 6 heteroatoms. The second kappa shape index (κ2) is 12.6. The number of rotatable bonds is 7. The summed E-state index contributed by atoms with van der Waals surface area (Å²) in [6.45, 7) is 2.26. The number of benzene rings is 1. The van der Waals surface area contributed by atoms with Crippen molar-refractivity contribution in [1.82, 2.24) is 0 Å². The molecule has 0 radical (unpaired) electrons. The van der Waals surface area contributed by atoms with Crippen molar-refractivity contribution in [3.63, 3.8) is 0 Å². The van der Waals surface area contributed by atoms with E-state index in [-0.39, 0.29) is 5.56 Å². The van der Waals surface area contributed by atoms with Crippen molar-refractivity contribution in [3.8, 4) is 17.6 Å². The Kier molecular flexibility index (Phi) is 9.85. The second-order valence-electron chi connectivity index (χ2n) is 9.90. The molecular weight excluding hydrogens is 447 g/mol. The second-order valence-corrected chi connectivity index (χ2v) is 9.90. The molecular formula is C28H35F5O. The first-order chi connectivity index (χ1) is 16.2. The van der Waals surface area contributed by atoms with E-state index in [2.05, 4.69) is 23.5 Å². The Hall–Kier alpha value is -2.03. The van der Waals surface area contributed by atoms with Crippen molar-refractivity contribution in [2.45, 2.75) is 90.3 Å². The van der Waals surface area contributed by atoms with Crippen LogP contribution in [0.1, 0.15) is 89.5 Å². The van der Waals surface area contributed by atoms with Crippen LogP contribution in [-0.2, 0) is 0 Å². The highest BCUT2D eigenvalue weighted by atomic mass is 19.4. The smallest absolute Gasteiger partial charge is 0.399 e. The van der Waals surface area contributed by atoms with Crippen LogP contribution in [0.4, 0.5) is 22.0 Å². The maximum atomic E-state index is 13.8. The zero-order valence-electron chi connectivity index (χ0n) is 19.9. The predicted molar refractivity (Wildman–Crippen MR) is 124 cm³/mol. The quantitative estimate of drug-likeness (QED) is 0.214. The standard InChI is InChI=1S/C28H35F5O/c1-2-3-4-7-20-10-14-23(15-11-20)24-16-12-21(13-17-24)8-5-6-9-22-18-25(29)27(26(30)19-22)34-28(31,32)33/h5,8,18-21,23-24H,2-4,7,10-17H2,1H3/b8-5+. The molecule has 0 amide bonds. The van der Waals surface area contributed by atoms with Crippen LogP contribution in [0.3, 0.4) is 0 Å². The van der Waals surface area contributed by atoms with Gasteiger partial charge in [0.2, 0.25) is 5.75 Å². The Bertz CT molecular complexity index is 840. The summed E-state index contributed by atoms with van der Waals surface area (Å²) in [5.74, 6) is 4.10. The summed E-state index contributed by atoms with van der Waals surface area (Å²) in [6.07, 6.45) is 14.3. The highest BCUT2D eigenvalue weighted by Gasteiger charge is 2.34. The topological polar surface area (TPSA) is 9.23 Å². The first-order valence-corrected chi connectivity index (χ1v) is 12.7. The van der Waals surface area contributed by atoms with Gasteiger partial charge < -0.3 is 4.74 Å². The highest BCUT2D eigenvalue weighted by Crippen LogP contribution is 2.42. The SMILES string of the molecule is CCCCCC1CCC(C2CCC(/C=C/C#Cc3cc(F)c(OC(F)(F)F)c(F)c3)CC2)CC1. The van der Waals surface area contributed by atoms with Gasteiger partial charge in [-0.15, -0.1) is 13.2 Å². The molecule has 1 aromatic carbocycles. The maximum absolute atomic E-state index is 13.8. The molecule has 0 saturated heterocycles. The monoisotopic (exact) mass is 482 g/mol. The lowest BCUT2D eigenvalue weighted by Crippen LogP contribution is -2.25. The molecule has 0 unspecified atom stereocenters. The van der Waals surface area contributed by atoms with Crippen LogP contribution in [0.2, 0.25) is 0 Å². The van der Waals surface area contributed by atoms with Gasteiger partial charge in [0.25, 0.3) is 0 Å². The van der Waals surface area contributed by atoms with E-state index in [9.17, 15) is 22.0 Å². The number of unbranched alkanes of at least 4 members (excludes halogenated alkanes) is 2. The minimum absolute atomic E-state index is 0.0387. The van der Waals surface area contributed by atoms with Crippen molar-refractivity contribution in [3.05, 3.63) is 41.5 Å². The van der Waals surface area contributed by atoms with Crippen LogP contribution in [0.15, 0.2) is 24.3 Å². The first kappa shape index (κ1) is 26.6. The summed E-state index contributed by atoms with van der Waals surface area (Å²) < 4.78 is 67.6. The van der Waals surface area contributed by atoms with Crippen LogP contribution < -0.4 is 4.74 Å². The number of ether oxygens (including phenoxy) is 1. The predicted octanol–water partition coefficient (Wildman–Crippen LogP) is 8.96. The lowest BCUT2D eigenvalue weighted by Gasteiger charge is -2.37. The van der Waals surface area contributed by atoms with E-state index in [4.69, 9.17) is 0 Å². The van der Waals surface area contributed by atoms with Crippen molar-refractivity contribution < 1.29 is 26.7 Å². The maximum Gasteiger partial charge on any atom is 0.573 e. The van der Waals surface area contributed by atoms with E-state index in [0.717, 1.165) is 42.7 Å². The molecule has 0 spiro atoms. The molecule has 0 N–H and O–H groups in total. The first-order valence-electron chi connectivity index (χ1n) is 12.7. The Morgan fingerprint density at radius 1 is 0.912 bits per heavy atom. The van der Waals surface area contributed by atoms with E-state index in [1.54, 1.807) is 6.08 Å². The summed E-state index contributed by atoms with van der Waals surface area (Å²) in [4.78, 5) is 0. The van der Waals surface area contributed by atoms with Crippen LogP contribution in [0.5, 0.6) is 5.75 Å². The Morgan fingerprint density at radius 3 is 2.06 bits per heavy atom. The zero-order valence-corrected chi connectivity index (χ0v) is 19.9. The molecule has 0 aromatic heterocycles. The lowest BCUT2D eigenvalue weighted by atomic mass is 9.68. The molecule has 2 saturated carbocycles. The number of halogens is 5. The number of alkyl halides is 3. The van der Waals surface area contributed by atoms with Crippen LogP contribution in [0, 0.1) is 47.1 Å². The van der Waals surface area contributed by atoms with Crippen LogP contribution in [0.25, 0.3) is 0 Å². The molecule has 3 rings (SSSR count). The summed E-state index contributed by atoms with van der Waals surface area (Å²) in [7, 11) is 0.